The molecule has 6 nitrogen and oxygen atoms in total. The van der Waals surface area contributed by atoms with Gasteiger partial charge in [0.15, 0.2) is 0 Å². The van der Waals surface area contributed by atoms with Crippen molar-refractivity contribution >= 4 is 0 Å². The van der Waals surface area contributed by atoms with E-state index in [-0.39, 0.29) is 23.8 Å². The van der Waals surface area contributed by atoms with Gasteiger partial charge in [0.2, 0.25) is 11.7 Å². The summed E-state index contributed by atoms with van der Waals surface area (Å²) in [7, 11) is 0. The predicted octanol–water partition coefficient (Wildman–Crippen LogP) is 1.65. The zero-order chi connectivity index (χ0) is 13.2. The van der Waals surface area contributed by atoms with E-state index in [0.717, 1.165) is 18.2 Å². The van der Waals surface area contributed by atoms with E-state index in [2.05, 4.69) is 20.2 Å². The molecule has 0 aliphatic heterocycles. The Balaban J connectivity index is 1.88. The van der Waals surface area contributed by atoms with Crippen molar-refractivity contribution in [3.63, 3.8) is 0 Å². The molecule has 0 unspecified atom stereocenters. The third-order valence-electron chi connectivity index (χ3n) is 2.35. The summed E-state index contributed by atoms with van der Waals surface area (Å²) in [4.78, 5) is 7.81. The molecule has 0 aliphatic rings. The Hall–Kier alpha value is -2.64. The average molecular weight is 263 g/mol. The highest BCUT2D eigenvalue weighted by atomic mass is 19.1. The van der Waals surface area contributed by atoms with Crippen LogP contribution in [-0.2, 0) is 6.54 Å². The van der Waals surface area contributed by atoms with Crippen LogP contribution in [0.2, 0.25) is 0 Å². The molecule has 0 saturated heterocycles. The summed E-state index contributed by atoms with van der Waals surface area (Å²) in [5.74, 6) is -1.01. The molecule has 0 spiro atoms. The van der Waals surface area contributed by atoms with E-state index in [1.54, 1.807) is 0 Å². The number of nitrogens with zero attached hydrogens (tertiary/aromatic N) is 5. The summed E-state index contributed by atoms with van der Waals surface area (Å²) in [5, 5.41) is 7.55. The minimum absolute atomic E-state index is 0.119. The van der Waals surface area contributed by atoms with Crippen molar-refractivity contribution in [1.29, 1.82) is 0 Å². The standard InChI is InChI=1S/C11H7F2N5O/c12-8-1-7(2-9(13)3-8)11-16-10(19-17-11)4-18-6-14-5-15-18/h1-3,5-6H,4H2. The zero-order valence-corrected chi connectivity index (χ0v) is 9.49. The number of hydrogen-bond donors (Lipinski definition) is 0. The van der Waals surface area contributed by atoms with Crippen LogP contribution in [0.15, 0.2) is 35.4 Å². The summed E-state index contributed by atoms with van der Waals surface area (Å²) in [5.41, 5.74) is 0.214. The average Bonchev–Trinajstić information content (AvgIpc) is 2.99. The maximum atomic E-state index is 13.1. The highest BCUT2D eigenvalue weighted by Crippen LogP contribution is 2.18. The first-order chi connectivity index (χ1) is 9.20. The van der Waals surface area contributed by atoms with Crippen LogP contribution in [0.4, 0.5) is 8.78 Å². The molecule has 0 radical (unpaired) electrons. The van der Waals surface area contributed by atoms with Gasteiger partial charge in [-0.15, -0.1) is 0 Å². The maximum absolute atomic E-state index is 13.1. The Morgan fingerprint density at radius 2 is 1.95 bits per heavy atom. The lowest BCUT2D eigenvalue weighted by atomic mass is 10.2. The molecule has 0 atom stereocenters. The number of aromatic nitrogens is 5. The molecule has 3 rings (SSSR count). The Labute approximate surface area is 105 Å². The number of rotatable bonds is 3. The first kappa shape index (κ1) is 11.5. The highest BCUT2D eigenvalue weighted by Gasteiger charge is 2.11. The first-order valence-electron chi connectivity index (χ1n) is 5.32. The fraction of sp³-hybridized carbons (Fsp3) is 0.0909. The van der Waals surface area contributed by atoms with Gasteiger partial charge in [0.05, 0.1) is 0 Å². The second-order valence-corrected chi connectivity index (χ2v) is 3.76. The van der Waals surface area contributed by atoms with Crippen LogP contribution < -0.4 is 0 Å². The molecular formula is C11H7F2N5O. The van der Waals surface area contributed by atoms with Crippen LogP contribution >= 0.6 is 0 Å². The Morgan fingerprint density at radius 3 is 2.63 bits per heavy atom. The minimum atomic E-state index is -0.697. The molecule has 96 valence electrons. The number of halogens is 2. The summed E-state index contributed by atoms with van der Waals surface area (Å²) < 4.78 is 32.6. The third-order valence-corrected chi connectivity index (χ3v) is 2.35. The molecule has 0 saturated carbocycles. The van der Waals surface area contributed by atoms with E-state index >= 15 is 0 Å². The van der Waals surface area contributed by atoms with Gasteiger partial charge in [-0.05, 0) is 12.1 Å². The van der Waals surface area contributed by atoms with Gasteiger partial charge in [-0.2, -0.15) is 10.1 Å². The van der Waals surface area contributed by atoms with Crippen LogP contribution in [0.5, 0.6) is 0 Å². The second kappa shape index (κ2) is 4.56. The lowest BCUT2D eigenvalue weighted by Gasteiger charge is -1.95. The smallest absolute Gasteiger partial charge is 0.248 e. The highest BCUT2D eigenvalue weighted by molar-refractivity contribution is 5.54. The molecule has 0 amide bonds. The molecule has 0 fully saturated rings. The van der Waals surface area contributed by atoms with Crippen LogP contribution in [0.3, 0.4) is 0 Å². The molecule has 19 heavy (non-hydrogen) atoms. The fourth-order valence-corrected chi connectivity index (χ4v) is 1.57. The van der Waals surface area contributed by atoms with Crippen molar-refractivity contribution in [3.8, 4) is 11.4 Å². The molecule has 0 bridgehead atoms. The predicted molar refractivity (Wildman–Crippen MR) is 58.8 cm³/mol. The van der Waals surface area contributed by atoms with Gasteiger partial charge >= 0.3 is 0 Å². The van der Waals surface area contributed by atoms with Crippen molar-refractivity contribution < 1.29 is 13.3 Å². The maximum Gasteiger partial charge on any atom is 0.248 e. The van der Waals surface area contributed by atoms with Crippen molar-refractivity contribution in [2.24, 2.45) is 0 Å². The van der Waals surface area contributed by atoms with Crippen LogP contribution in [0, 0.1) is 11.6 Å². The topological polar surface area (TPSA) is 69.6 Å². The normalized spacial score (nSPS) is 10.8. The summed E-state index contributed by atoms with van der Waals surface area (Å²) >= 11 is 0. The Morgan fingerprint density at radius 1 is 1.16 bits per heavy atom. The SMILES string of the molecule is Fc1cc(F)cc(-c2noc(Cn3cncn3)n2)c1. The summed E-state index contributed by atoms with van der Waals surface area (Å²) in [6.45, 7) is 0.241. The molecule has 1 aromatic carbocycles. The van der Waals surface area contributed by atoms with Crippen LogP contribution in [-0.4, -0.2) is 24.9 Å². The fourth-order valence-electron chi connectivity index (χ4n) is 1.57. The van der Waals surface area contributed by atoms with Gasteiger partial charge in [0, 0.05) is 11.6 Å². The van der Waals surface area contributed by atoms with E-state index in [1.807, 2.05) is 0 Å². The van der Waals surface area contributed by atoms with E-state index in [1.165, 1.54) is 17.3 Å². The molecule has 3 aromatic rings. The summed E-state index contributed by atoms with van der Waals surface area (Å²) in [6, 6.07) is 3.04. The van der Waals surface area contributed by atoms with Crippen molar-refractivity contribution in [2.75, 3.05) is 0 Å². The minimum Gasteiger partial charge on any atom is -0.337 e. The van der Waals surface area contributed by atoms with E-state index in [4.69, 9.17) is 4.52 Å². The van der Waals surface area contributed by atoms with Gasteiger partial charge < -0.3 is 4.52 Å². The number of hydrogen-bond acceptors (Lipinski definition) is 5. The molecule has 2 aromatic heterocycles. The zero-order valence-electron chi connectivity index (χ0n) is 9.49. The van der Waals surface area contributed by atoms with Gasteiger partial charge in [0.1, 0.15) is 30.8 Å². The first-order valence-corrected chi connectivity index (χ1v) is 5.32. The third kappa shape index (κ3) is 2.46. The quantitative estimate of drug-likeness (QED) is 0.718. The molecule has 2 heterocycles. The van der Waals surface area contributed by atoms with Crippen LogP contribution in [0.1, 0.15) is 5.89 Å². The lowest BCUT2D eigenvalue weighted by Crippen LogP contribution is -2.00. The van der Waals surface area contributed by atoms with Crippen molar-refractivity contribution in [3.05, 3.63) is 48.4 Å². The largest absolute Gasteiger partial charge is 0.337 e. The van der Waals surface area contributed by atoms with Crippen LogP contribution in [0.25, 0.3) is 11.4 Å². The molecule has 0 N–H and O–H groups in total. The van der Waals surface area contributed by atoms with Gasteiger partial charge in [-0.25, -0.2) is 18.4 Å². The molecular weight excluding hydrogens is 256 g/mol. The molecule has 8 heteroatoms. The van der Waals surface area contributed by atoms with Crippen molar-refractivity contribution in [2.45, 2.75) is 6.54 Å². The van der Waals surface area contributed by atoms with E-state index in [9.17, 15) is 8.78 Å². The van der Waals surface area contributed by atoms with Gasteiger partial charge in [-0.1, -0.05) is 5.16 Å². The monoisotopic (exact) mass is 263 g/mol. The Bertz CT molecular complexity index is 675. The summed E-state index contributed by atoms with van der Waals surface area (Å²) in [6.07, 6.45) is 2.87. The lowest BCUT2D eigenvalue weighted by molar-refractivity contribution is 0.366. The number of benzene rings is 1. The van der Waals surface area contributed by atoms with E-state index in [0.29, 0.717) is 0 Å². The van der Waals surface area contributed by atoms with Crippen molar-refractivity contribution in [1.82, 2.24) is 24.9 Å². The van der Waals surface area contributed by atoms with E-state index < -0.39 is 11.6 Å². The van der Waals surface area contributed by atoms with Gasteiger partial charge in [-0.3, -0.25) is 0 Å². The van der Waals surface area contributed by atoms with Gasteiger partial charge in [0.25, 0.3) is 0 Å². The molecule has 0 aliphatic carbocycles. The Kier molecular flexibility index (Phi) is 2.75. The second-order valence-electron chi connectivity index (χ2n) is 3.76.